The summed E-state index contributed by atoms with van der Waals surface area (Å²) in [5, 5.41) is 6.26. The van der Waals surface area contributed by atoms with E-state index in [0.717, 1.165) is 51.8 Å². The van der Waals surface area contributed by atoms with Crippen molar-refractivity contribution in [2.45, 2.75) is 65.5 Å². The number of benzene rings is 2. The van der Waals surface area contributed by atoms with Crippen LogP contribution in [-0.2, 0) is 25.4 Å². The summed E-state index contributed by atoms with van der Waals surface area (Å²) in [6, 6.07) is 8.32. The lowest BCUT2D eigenvalue weighted by molar-refractivity contribution is -0.137. The van der Waals surface area contributed by atoms with E-state index in [0.29, 0.717) is 11.1 Å². The summed E-state index contributed by atoms with van der Waals surface area (Å²) < 4.78 is 45.8. The lowest BCUT2D eigenvalue weighted by Crippen LogP contribution is -2.03. The Bertz CT molecular complexity index is 1230. The van der Waals surface area contributed by atoms with Crippen molar-refractivity contribution in [3.05, 3.63) is 63.2 Å². The van der Waals surface area contributed by atoms with Crippen LogP contribution in [0.3, 0.4) is 0 Å². The van der Waals surface area contributed by atoms with E-state index < -0.39 is 11.7 Å². The first-order valence-electron chi connectivity index (χ1n) is 10.7. The molecular formula is C25H26F3NOS. The van der Waals surface area contributed by atoms with E-state index in [9.17, 15) is 13.2 Å². The third-order valence-corrected chi connectivity index (χ3v) is 7.05. The molecule has 0 N–H and O–H groups in total. The maximum Gasteiger partial charge on any atom is 0.416 e. The number of alkyl halides is 3. The van der Waals surface area contributed by atoms with E-state index in [1.165, 1.54) is 34.6 Å². The number of thiophene rings is 1. The molecule has 0 aliphatic rings. The summed E-state index contributed by atoms with van der Waals surface area (Å²) in [6.45, 7) is 8.45. The predicted octanol–water partition coefficient (Wildman–Crippen LogP) is 8.23. The molecule has 0 atom stereocenters. The van der Waals surface area contributed by atoms with Crippen molar-refractivity contribution in [2.24, 2.45) is 0 Å². The first-order valence-corrected chi connectivity index (χ1v) is 11.5. The zero-order valence-electron chi connectivity index (χ0n) is 18.2. The molecule has 4 rings (SSSR count). The molecule has 0 aliphatic heterocycles. The predicted molar refractivity (Wildman–Crippen MR) is 121 cm³/mol. The molecule has 164 valence electrons. The third-order valence-electron chi connectivity index (χ3n) is 5.82. The van der Waals surface area contributed by atoms with Crippen molar-refractivity contribution in [2.75, 3.05) is 0 Å². The first-order chi connectivity index (χ1) is 14.7. The van der Waals surface area contributed by atoms with Gasteiger partial charge in [0, 0.05) is 15.0 Å². The van der Waals surface area contributed by atoms with E-state index in [4.69, 9.17) is 4.52 Å². The highest BCUT2D eigenvalue weighted by Gasteiger charge is 2.31. The fraction of sp³-hybridized carbons (Fsp3) is 0.400. The maximum atomic E-state index is 13.2. The van der Waals surface area contributed by atoms with Crippen LogP contribution >= 0.6 is 11.3 Å². The van der Waals surface area contributed by atoms with Crippen LogP contribution in [0.2, 0.25) is 0 Å². The molecule has 0 saturated heterocycles. The Balaban J connectivity index is 1.67. The van der Waals surface area contributed by atoms with Gasteiger partial charge in [0.2, 0.25) is 0 Å². The van der Waals surface area contributed by atoms with Crippen LogP contribution in [0.25, 0.3) is 21.1 Å². The number of halogens is 3. The van der Waals surface area contributed by atoms with Crippen molar-refractivity contribution in [3.8, 4) is 0 Å². The zero-order chi connectivity index (χ0) is 22.3. The highest BCUT2D eigenvalue weighted by atomic mass is 32.1. The van der Waals surface area contributed by atoms with Gasteiger partial charge in [0.25, 0.3) is 0 Å². The van der Waals surface area contributed by atoms with Crippen LogP contribution in [0.15, 0.2) is 34.9 Å². The molecule has 0 bridgehead atoms. The van der Waals surface area contributed by atoms with Crippen LogP contribution in [0.5, 0.6) is 0 Å². The number of fused-ring (bicyclic) bond motifs is 2. The molecule has 0 spiro atoms. The van der Waals surface area contributed by atoms with Crippen LogP contribution < -0.4 is 0 Å². The molecule has 0 saturated carbocycles. The molecule has 0 fully saturated rings. The molecule has 2 aromatic heterocycles. The molecular weight excluding hydrogens is 419 g/mol. The fourth-order valence-corrected chi connectivity index (χ4v) is 5.70. The molecule has 31 heavy (non-hydrogen) atoms. The van der Waals surface area contributed by atoms with Gasteiger partial charge in [-0.15, -0.1) is 11.3 Å². The van der Waals surface area contributed by atoms with Gasteiger partial charge in [-0.3, -0.25) is 0 Å². The second-order valence-electron chi connectivity index (χ2n) is 8.46. The molecule has 0 radical (unpaired) electrons. The summed E-state index contributed by atoms with van der Waals surface area (Å²) in [7, 11) is 0. The Hall–Kier alpha value is -2.34. The average Bonchev–Trinajstić information content (AvgIpc) is 3.26. The number of rotatable bonds is 6. The quantitative estimate of drug-likeness (QED) is 0.299. The zero-order valence-corrected chi connectivity index (χ0v) is 19.0. The van der Waals surface area contributed by atoms with Gasteiger partial charge in [0.1, 0.15) is 0 Å². The van der Waals surface area contributed by atoms with Crippen LogP contribution in [0, 0.1) is 6.92 Å². The van der Waals surface area contributed by atoms with Crippen LogP contribution in [0.1, 0.15) is 65.9 Å². The number of aromatic nitrogens is 1. The molecule has 0 amide bonds. The SMILES string of the molecule is CCCc1cc2onc(CCc3sc4cc(C(F)(F)F)ccc4c3C(C)C)c2cc1C. The largest absolute Gasteiger partial charge is 0.416 e. The van der Waals surface area contributed by atoms with Gasteiger partial charge in [0.05, 0.1) is 11.3 Å². The van der Waals surface area contributed by atoms with E-state index in [-0.39, 0.29) is 5.92 Å². The lowest BCUT2D eigenvalue weighted by atomic mass is 9.96. The average molecular weight is 446 g/mol. The van der Waals surface area contributed by atoms with Gasteiger partial charge in [-0.05, 0) is 78.4 Å². The number of nitrogens with zero attached hydrogens (tertiary/aromatic N) is 1. The van der Waals surface area contributed by atoms with Gasteiger partial charge >= 0.3 is 6.18 Å². The van der Waals surface area contributed by atoms with Crippen molar-refractivity contribution in [1.29, 1.82) is 0 Å². The summed E-state index contributed by atoms with van der Waals surface area (Å²) in [6.07, 6.45) is -0.821. The minimum Gasteiger partial charge on any atom is -0.356 e. The van der Waals surface area contributed by atoms with E-state index in [1.54, 1.807) is 6.07 Å². The molecule has 6 heteroatoms. The molecule has 2 aromatic carbocycles. The summed E-state index contributed by atoms with van der Waals surface area (Å²) in [5.74, 6) is 0.230. The fourth-order valence-electron chi connectivity index (χ4n) is 4.30. The van der Waals surface area contributed by atoms with Crippen molar-refractivity contribution in [1.82, 2.24) is 5.16 Å². The molecule has 2 heterocycles. The third kappa shape index (κ3) is 4.22. The van der Waals surface area contributed by atoms with Crippen molar-refractivity contribution >= 4 is 32.4 Å². The summed E-state index contributed by atoms with van der Waals surface area (Å²) in [5.41, 5.74) is 4.78. The Labute approximate surface area is 184 Å². The van der Waals surface area contributed by atoms with Gasteiger partial charge in [-0.25, -0.2) is 0 Å². The van der Waals surface area contributed by atoms with Crippen molar-refractivity contribution < 1.29 is 17.7 Å². The highest BCUT2D eigenvalue weighted by molar-refractivity contribution is 7.19. The van der Waals surface area contributed by atoms with Crippen LogP contribution in [0.4, 0.5) is 13.2 Å². The smallest absolute Gasteiger partial charge is 0.356 e. The van der Waals surface area contributed by atoms with E-state index in [2.05, 4.69) is 45.0 Å². The second kappa shape index (κ2) is 8.30. The summed E-state index contributed by atoms with van der Waals surface area (Å²) in [4.78, 5) is 1.12. The molecule has 0 unspecified atom stereocenters. The maximum absolute atomic E-state index is 13.2. The van der Waals surface area contributed by atoms with Gasteiger partial charge in [-0.2, -0.15) is 13.2 Å². The monoisotopic (exact) mass is 445 g/mol. The second-order valence-corrected chi connectivity index (χ2v) is 9.59. The molecule has 2 nitrogen and oxygen atoms in total. The van der Waals surface area contributed by atoms with Gasteiger partial charge in [0.15, 0.2) is 5.58 Å². The normalized spacial score (nSPS) is 12.5. The van der Waals surface area contributed by atoms with E-state index >= 15 is 0 Å². The number of hydrogen-bond donors (Lipinski definition) is 0. The van der Waals surface area contributed by atoms with Crippen LogP contribution in [-0.4, -0.2) is 5.16 Å². The first kappa shape index (κ1) is 21.9. The Morgan fingerprint density at radius 3 is 2.48 bits per heavy atom. The minimum absolute atomic E-state index is 0.230. The van der Waals surface area contributed by atoms with E-state index in [1.807, 2.05) is 0 Å². The minimum atomic E-state index is -4.33. The Morgan fingerprint density at radius 2 is 1.81 bits per heavy atom. The topological polar surface area (TPSA) is 26.0 Å². The Morgan fingerprint density at radius 1 is 1.03 bits per heavy atom. The van der Waals surface area contributed by atoms with Crippen molar-refractivity contribution in [3.63, 3.8) is 0 Å². The highest BCUT2D eigenvalue weighted by Crippen LogP contribution is 2.40. The number of aryl methyl sites for hydroxylation is 4. The van der Waals surface area contributed by atoms with Gasteiger partial charge in [-0.1, -0.05) is 38.4 Å². The Kier molecular flexibility index (Phi) is 5.86. The van der Waals surface area contributed by atoms with Gasteiger partial charge < -0.3 is 4.52 Å². The molecule has 4 aromatic rings. The number of hydrogen-bond acceptors (Lipinski definition) is 3. The summed E-state index contributed by atoms with van der Waals surface area (Å²) >= 11 is 1.46. The lowest BCUT2D eigenvalue weighted by Gasteiger charge is -2.09. The standard InChI is InChI=1S/C25H26F3NOS/c1-5-6-16-12-21-19(11-15(16)4)20(29-30-21)9-10-22-24(14(2)3)18-8-7-17(25(26,27)28)13-23(18)31-22/h7-8,11-14H,5-6,9-10H2,1-4H3. The molecule has 0 aliphatic carbocycles.